The van der Waals surface area contributed by atoms with Crippen LogP contribution in [0.25, 0.3) is 0 Å². The maximum atomic E-state index is 12.4. The van der Waals surface area contributed by atoms with Crippen molar-refractivity contribution in [1.82, 2.24) is 10.2 Å². The van der Waals surface area contributed by atoms with Gasteiger partial charge in [0.15, 0.2) is 15.8 Å². The molecule has 0 unspecified atom stereocenters. The molecule has 1 aromatic heterocycles. The molecular weight excluding hydrogens is 382 g/mol. The molecular formula is C16H20ClN3O3S2. The number of carbonyl (C=O) groups is 1. The fraction of sp³-hybridized carbons (Fsp3) is 0.438. The van der Waals surface area contributed by atoms with Gasteiger partial charge in [-0.2, -0.15) is 0 Å². The summed E-state index contributed by atoms with van der Waals surface area (Å²) in [4.78, 5) is 12.4. The molecule has 0 aliphatic rings. The molecule has 25 heavy (non-hydrogen) atoms. The number of nitrogens with one attached hydrogen (secondary N) is 1. The molecule has 0 bridgehead atoms. The Morgan fingerprint density at radius 1 is 1.36 bits per heavy atom. The molecule has 6 nitrogen and oxygen atoms in total. The summed E-state index contributed by atoms with van der Waals surface area (Å²) < 4.78 is 11.8. The second kappa shape index (κ2) is 9.84. The van der Waals surface area contributed by atoms with Crippen LogP contribution in [0.2, 0.25) is 5.02 Å². The molecule has 0 aliphatic heterocycles. The van der Waals surface area contributed by atoms with E-state index < -0.39 is 0 Å². The minimum atomic E-state index is -0.329. The van der Waals surface area contributed by atoms with E-state index in [0.717, 1.165) is 22.9 Å². The van der Waals surface area contributed by atoms with Crippen LogP contribution in [0.5, 0.6) is 11.5 Å². The summed E-state index contributed by atoms with van der Waals surface area (Å²) in [6, 6.07) is 3.16. The second-order valence-electron chi connectivity index (χ2n) is 4.95. The molecule has 1 N–H and O–H groups in total. The highest BCUT2D eigenvalue weighted by atomic mass is 35.5. The van der Waals surface area contributed by atoms with Gasteiger partial charge in [-0.05, 0) is 24.3 Å². The molecule has 2 rings (SSSR count). The molecule has 0 aliphatic carbocycles. The summed E-state index contributed by atoms with van der Waals surface area (Å²) in [7, 11) is 1.51. The summed E-state index contributed by atoms with van der Waals surface area (Å²) in [6.07, 6.45) is 1.93. The fourth-order valence-electron chi connectivity index (χ4n) is 1.92. The molecule has 0 saturated carbocycles. The monoisotopic (exact) mass is 401 g/mol. The number of benzene rings is 1. The molecule has 9 heteroatoms. The van der Waals surface area contributed by atoms with Gasteiger partial charge < -0.3 is 9.47 Å². The van der Waals surface area contributed by atoms with Gasteiger partial charge in [0, 0.05) is 5.56 Å². The number of ether oxygens (including phenoxy) is 2. The van der Waals surface area contributed by atoms with Crippen LogP contribution in [0.4, 0.5) is 5.13 Å². The zero-order chi connectivity index (χ0) is 18.2. The smallest absolute Gasteiger partial charge is 0.257 e. The molecule has 1 aromatic carbocycles. The maximum absolute atomic E-state index is 12.4. The van der Waals surface area contributed by atoms with Crippen LogP contribution in [-0.2, 0) is 0 Å². The number of aromatic nitrogens is 2. The van der Waals surface area contributed by atoms with Gasteiger partial charge >= 0.3 is 0 Å². The lowest BCUT2D eigenvalue weighted by Gasteiger charge is -2.13. The van der Waals surface area contributed by atoms with Crippen LogP contribution in [0.15, 0.2) is 16.5 Å². The van der Waals surface area contributed by atoms with E-state index in [1.165, 1.54) is 18.4 Å². The first kappa shape index (κ1) is 19.8. The van der Waals surface area contributed by atoms with Gasteiger partial charge in [0.25, 0.3) is 5.91 Å². The number of nitrogens with zero attached hydrogens (tertiary/aromatic N) is 2. The summed E-state index contributed by atoms with van der Waals surface area (Å²) in [5.74, 6) is 1.44. The molecule has 2 aromatic rings. The van der Waals surface area contributed by atoms with Gasteiger partial charge in [-0.15, -0.1) is 10.2 Å². The van der Waals surface area contributed by atoms with E-state index in [4.69, 9.17) is 21.1 Å². The lowest BCUT2D eigenvalue weighted by atomic mass is 10.2. The van der Waals surface area contributed by atoms with E-state index >= 15 is 0 Å². The van der Waals surface area contributed by atoms with Crippen LogP contribution in [0, 0.1) is 0 Å². The molecule has 1 amide bonds. The number of thioether (sulfide) groups is 1. The molecule has 136 valence electrons. The Morgan fingerprint density at radius 2 is 2.16 bits per heavy atom. The van der Waals surface area contributed by atoms with Gasteiger partial charge in [0.05, 0.1) is 18.7 Å². The number of hydrogen-bond acceptors (Lipinski definition) is 7. The Kier molecular flexibility index (Phi) is 7.80. The van der Waals surface area contributed by atoms with Crippen molar-refractivity contribution in [3.05, 3.63) is 22.7 Å². The molecule has 0 fully saturated rings. The van der Waals surface area contributed by atoms with Crippen molar-refractivity contribution in [2.75, 3.05) is 24.8 Å². The number of methoxy groups -OCH3 is 1. The summed E-state index contributed by atoms with van der Waals surface area (Å²) in [5.41, 5.74) is 0.365. The third kappa shape index (κ3) is 5.49. The van der Waals surface area contributed by atoms with E-state index in [1.807, 2.05) is 6.92 Å². The molecule has 0 radical (unpaired) electrons. The van der Waals surface area contributed by atoms with Crippen molar-refractivity contribution in [3.8, 4) is 11.5 Å². The predicted molar refractivity (Wildman–Crippen MR) is 103 cm³/mol. The van der Waals surface area contributed by atoms with Crippen LogP contribution in [0.3, 0.4) is 0 Å². The number of anilines is 1. The zero-order valence-electron chi connectivity index (χ0n) is 14.3. The number of carbonyl (C=O) groups excluding carboxylic acids is 1. The average molecular weight is 402 g/mol. The third-order valence-corrected chi connectivity index (χ3v) is 5.27. The van der Waals surface area contributed by atoms with Crippen LogP contribution >= 0.6 is 34.7 Å². The highest BCUT2D eigenvalue weighted by molar-refractivity contribution is 8.01. The highest BCUT2D eigenvalue weighted by Gasteiger charge is 2.17. The number of rotatable bonds is 9. The summed E-state index contributed by atoms with van der Waals surface area (Å²) in [6.45, 7) is 4.65. The number of amides is 1. The number of halogens is 1. The fourth-order valence-corrected chi connectivity index (χ4v) is 3.83. The van der Waals surface area contributed by atoms with Gasteiger partial charge in [-0.1, -0.05) is 55.0 Å². The quantitative estimate of drug-likeness (QED) is 0.371. The van der Waals surface area contributed by atoms with Crippen molar-refractivity contribution >= 4 is 45.7 Å². The molecule has 0 saturated heterocycles. The van der Waals surface area contributed by atoms with Gasteiger partial charge in [0.1, 0.15) is 0 Å². The molecule has 0 atom stereocenters. The highest BCUT2D eigenvalue weighted by Crippen LogP contribution is 2.37. The largest absolute Gasteiger partial charge is 0.493 e. The van der Waals surface area contributed by atoms with E-state index in [1.54, 1.807) is 23.9 Å². The van der Waals surface area contributed by atoms with E-state index in [-0.39, 0.29) is 5.91 Å². The second-order valence-corrected chi connectivity index (χ2v) is 7.85. The maximum Gasteiger partial charge on any atom is 0.257 e. The van der Waals surface area contributed by atoms with E-state index in [0.29, 0.717) is 33.8 Å². The van der Waals surface area contributed by atoms with Crippen LogP contribution in [0.1, 0.15) is 37.0 Å². The first-order chi connectivity index (χ1) is 12.1. The molecule has 1 heterocycles. The van der Waals surface area contributed by atoms with Gasteiger partial charge in [-0.25, -0.2) is 0 Å². The predicted octanol–water partition coefficient (Wildman–Crippen LogP) is 4.74. The number of hydrogen-bond donors (Lipinski definition) is 1. The van der Waals surface area contributed by atoms with Crippen molar-refractivity contribution < 1.29 is 14.3 Å². The first-order valence-electron chi connectivity index (χ1n) is 7.87. The Morgan fingerprint density at radius 3 is 2.84 bits per heavy atom. The topological polar surface area (TPSA) is 73.3 Å². The first-order valence-corrected chi connectivity index (χ1v) is 10.0. The Bertz CT molecular complexity index is 725. The third-order valence-electron chi connectivity index (χ3n) is 3.13. The Labute approximate surface area is 160 Å². The van der Waals surface area contributed by atoms with Crippen molar-refractivity contribution in [1.29, 1.82) is 0 Å². The van der Waals surface area contributed by atoms with Crippen LogP contribution in [-0.4, -0.2) is 35.6 Å². The Balaban J connectivity index is 2.14. The summed E-state index contributed by atoms with van der Waals surface area (Å²) >= 11 is 9.18. The lowest BCUT2D eigenvalue weighted by molar-refractivity contribution is 0.102. The van der Waals surface area contributed by atoms with Crippen molar-refractivity contribution in [3.63, 3.8) is 0 Å². The van der Waals surface area contributed by atoms with Crippen LogP contribution < -0.4 is 14.8 Å². The number of unbranched alkanes of at least 4 members (excludes halogenated alkanes) is 1. The van der Waals surface area contributed by atoms with Crippen molar-refractivity contribution in [2.45, 2.75) is 31.0 Å². The van der Waals surface area contributed by atoms with E-state index in [2.05, 4.69) is 22.4 Å². The SMILES string of the molecule is CCCCOc1c(Cl)cc(C(=O)Nc2nnc(SCC)s2)cc1OC. The standard InChI is InChI=1S/C16H20ClN3O3S2/c1-4-6-7-23-13-11(17)8-10(9-12(13)22-3)14(21)18-15-19-20-16(25-15)24-5-2/h8-9H,4-7H2,1-3H3,(H,18,19,21). The minimum absolute atomic E-state index is 0.329. The summed E-state index contributed by atoms with van der Waals surface area (Å²) in [5, 5.41) is 11.5. The normalized spacial score (nSPS) is 10.6. The van der Waals surface area contributed by atoms with Gasteiger partial charge in [0.2, 0.25) is 5.13 Å². The minimum Gasteiger partial charge on any atom is -0.493 e. The molecule has 0 spiro atoms. The Hall–Kier alpha value is -1.51. The van der Waals surface area contributed by atoms with Gasteiger partial charge in [-0.3, -0.25) is 10.1 Å². The average Bonchev–Trinajstić information content (AvgIpc) is 3.03. The zero-order valence-corrected chi connectivity index (χ0v) is 16.7. The van der Waals surface area contributed by atoms with Crippen molar-refractivity contribution in [2.24, 2.45) is 0 Å². The van der Waals surface area contributed by atoms with E-state index in [9.17, 15) is 4.79 Å². The lowest BCUT2D eigenvalue weighted by Crippen LogP contribution is -2.12.